The zero-order chi connectivity index (χ0) is 9.14. The molecule has 0 saturated heterocycles. The molecular formula is C7H9NO4. The van der Waals surface area contributed by atoms with Gasteiger partial charge >= 0.3 is 5.97 Å². The Morgan fingerprint density at radius 1 is 1.75 bits per heavy atom. The van der Waals surface area contributed by atoms with E-state index in [0.717, 1.165) is 0 Å². The van der Waals surface area contributed by atoms with E-state index in [1.807, 2.05) is 0 Å². The summed E-state index contributed by atoms with van der Waals surface area (Å²) in [7, 11) is 1.24. The van der Waals surface area contributed by atoms with Crippen LogP contribution in [0.3, 0.4) is 0 Å². The molecule has 1 aromatic rings. The number of carbonyl (C=O) groups excluding carboxylic acids is 1. The molecule has 0 radical (unpaired) electrons. The maximum Gasteiger partial charge on any atom is 0.360 e. The maximum atomic E-state index is 11.0. The zero-order valence-electron chi connectivity index (χ0n) is 6.83. The fourth-order valence-electron chi connectivity index (χ4n) is 0.834. The molecule has 1 heterocycles. The highest BCUT2D eigenvalue weighted by Gasteiger charge is 2.18. The fourth-order valence-corrected chi connectivity index (χ4v) is 0.834. The molecule has 0 saturated carbocycles. The van der Waals surface area contributed by atoms with Gasteiger partial charge in [-0.1, -0.05) is 5.16 Å². The predicted molar refractivity (Wildman–Crippen MR) is 38.5 cm³/mol. The largest absolute Gasteiger partial charge is 0.464 e. The third kappa shape index (κ3) is 1.31. The van der Waals surface area contributed by atoms with E-state index >= 15 is 0 Å². The number of hydrogen-bond acceptors (Lipinski definition) is 5. The van der Waals surface area contributed by atoms with Crippen molar-refractivity contribution < 1.29 is 19.2 Å². The third-order valence-corrected chi connectivity index (χ3v) is 1.52. The summed E-state index contributed by atoms with van der Waals surface area (Å²) in [4.78, 5) is 11.0. The Morgan fingerprint density at radius 3 is 2.92 bits per heavy atom. The van der Waals surface area contributed by atoms with Crippen LogP contribution in [0.15, 0.2) is 4.52 Å². The molecule has 1 aromatic heterocycles. The molecule has 0 unspecified atom stereocenters. The lowest BCUT2D eigenvalue weighted by atomic mass is 10.2. The van der Waals surface area contributed by atoms with Crippen LogP contribution < -0.4 is 0 Å². The Balaban J connectivity index is 3.07. The minimum Gasteiger partial charge on any atom is -0.464 e. The molecule has 0 atom stereocenters. The fraction of sp³-hybridized carbons (Fsp3) is 0.429. The Hall–Kier alpha value is -1.36. The SMILES string of the molecule is COC(=O)c1noc(C)c1CO. The van der Waals surface area contributed by atoms with Crippen molar-refractivity contribution in [2.45, 2.75) is 13.5 Å². The monoisotopic (exact) mass is 171 g/mol. The predicted octanol–water partition coefficient (Wildman–Crippen LogP) is 0.262. The lowest BCUT2D eigenvalue weighted by molar-refractivity contribution is 0.0586. The number of aliphatic hydroxyl groups excluding tert-OH is 1. The number of carbonyl (C=O) groups is 1. The molecule has 1 rings (SSSR count). The van der Waals surface area contributed by atoms with Crippen molar-refractivity contribution in [3.05, 3.63) is 17.0 Å². The standard InChI is InChI=1S/C7H9NO4/c1-4-5(3-9)6(8-12-4)7(10)11-2/h9H,3H2,1-2H3. The summed E-state index contributed by atoms with van der Waals surface area (Å²) in [6, 6.07) is 0. The van der Waals surface area contributed by atoms with Crippen molar-refractivity contribution in [1.82, 2.24) is 5.16 Å². The van der Waals surface area contributed by atoms with Gasteiger partial charge in [0.05, 0.1) is 19.3 Å². The lowest BCUT2D eigenvalue weighted by Crippen LogP contribution is -2.05. The minimum atomic E-state index is -0.601. The van der Waals surface area contributed by atoms with Crippen molar-refractivity contribution in [2.75, 3.05) is 7.11 Å². The van der Waals surface area contributed by atoms with Crippen LogP contribution in [0.1, 0.15) is 21.8 Å². The number of aryl methyl sites for hydroxylation is 1. The molecule has 12 heavy (non-hydrogen) atoms. The lowest BCUT2D eigenvalue weighted by Gasteiger charge is -1.95. The quantitative estimate of drug-likeness (QED) is 0.646. The van der Waals surface area contributed by atoms with E-state index in [0.29, 0.717) is 11.3 Å². The minimum absolute atomic E-state index is 0.0394. The van der Waals surface area contributed by atoms with Crippen LogP contribution in [-0.2, 0) is 11.3 Å². The Bertz CT molecular complexity index is 292. The Kier molecular flexibility index (Phi) is 2.44. The second-order valence-electron chi connectivity index (χ2n) is 2.22. The second kappa shape index (κ2) is 3.36. The number of ether oxygens (including phenoxy) is 1. The van der Waals surface area contributed by atoms with Gasteiger partial charge in [0.2, 0.25) is 0 Å². The molecule has 0 fully saturated rings. The first-order chi connectivity index (χ1) is 5.70. The van der Waals surface area contributed by atoms with Crippen molar-refractivity contribution in [3.8, 4) is 0 Å². The molecule has 0 spiro atoms. The number of aromatic nitrogens is 1. The van der Waals surface area contributed by atoms with Crippen molar-refractivity contribution in [1.29, 1.82) is 0 Å². The smallest absolute Gasteiger partial charge is 0.360 e. The number of nitrogens with zero attached hydrogens (tertiary/aromatic N) is 1. The summed E-state index contributed by atoms with van der Waals surface area (Å²) in [5.41, 5.74) is 0.416. The second-order valence-corrected chi connectivity index (χ2v) is 2.22. The summed E-state index contributed by atoms with van der Waals surface area (Å²) in [6.07, 6.45) is 0. The van der Waals surface area contributed by atoms with Crippen molar-refractivity contribution >= 4 is 5.97 Å². The highest BCUT2D eigenvalue weighted by Crippen LogP contribution is 2.13. The van der Waals surface area contributed by atoms with Crippen LogP contribution in [0, 0.1) is 6.92 Å². The van der Waals surface area contributed by atoms with Gasteiger partial charge in [-0.2, -0.15) is 0 Å². The first-order valence-electron chi connectivity index (χ1n) is 3.35. The topological polar surface area (TPSA) is 72.6 Å². The van der Waals surface area contributed by atoms with Gasteiger partial charge in [0, 0.05) is 0 Å². The molecule has 5 heteroatoms. The molecule has 1 N–H and O–H groups in total. The molecule has 66 valence electrons. The maximum absolute atomic E-state index is 11.0. The summed E-state index contributed by atoms with van der Waals surface area (Å²) in [5.74, 6) is -0.172. The van der Waals surface area contributed by atoms with Gasteiger partial charge < -0.3 is 14.4 Å². The average molecular weight is 171 g/mol. The highest BCUT2D eigenvalue weighted by atomic mass is 16.5. The first-order valence-corrected chi connectivity index (χ1v) is 3.35. The Morgan fingerprint density at radius 2 is 2.42 bits per heavy atom. The van der Waals surface area contributed by atoms with Gasteiger partial charge in [-0.05, 0) is 6.92 Å². The number of aliphatic hydroxyl groups is 1. The average Bonchev–Trinajstić information content (AvgIpc) is 2.45. The summed E-state index contributed by atoms with van der Waals surface area (Å²) in [5, 5.41) is 12.3. The van der Waals surface area contributed by atoms with Crippen LogP contribution in [0.4, 0.5) is 0 Å². The molecule has 0 aliphatic rings. The van der Waals surface area contributed by atoms with Crippen LogP contribution in [0.25, 0.3) is 0 Å². The van der Waals surface area contributed by atoms with E-state index in [1.54, 1.807) is 6.92 Å². The van der Waals surface area contributed by atoms with E-state index in [4.69, 9.17) is 9.63 Å². The van der Waals surface area contributed by atoms with E-state index in [2.05, 4.69) is 9.89 Å². The van der Waals surface area contributed by atoms with Gasteiger partial charge in [0.25, 0.3) is 0 Å². The third-order valence-electron chi connectivity index (χ3n) is 1.52. The van der Waals surface area contributed by atoms with Gasteiger partial charge in [-0.25, -0.2) is 4.79 Å². The Labute approximate surface area is 68.9 Å². The van der Waals surface area contributed by atoms with E-state index in [9.17, 15) is 4.79 Å². The molecule has 5 nitrogen and oxygen atoms in total. The van der Waals surface area contributed by atoms with E-state index in [1.165, 1.54) is 7.11 Å². The highest BCUT2D eigenvalue weighted by molar-refractivity contribution is 5.88. The molecule has 0 aromatic carbocycles. The van der Waals surface area contributed by atoms with Crippen molar-refractivity contribution in [2.24, 2.45) is 0 Å². The van der Waals surface area contributed by atoms with Crippen LogP contribution in [0.2, 0.25) is 0 Å². The zero-order valence-corrected chi connectivity index (χ0v) is 6.83. The molecular weight excluding hydrogens is 162 g/mol. The normalized spacial score (nSPS) is 9.92. The van der Waals surface area contributed by atoms with Gasteiger partial charge in [-0.15, -0.1) is 0 Å². The van der Waals surface area contributed by atoms with Crippen LogP contribution >= 0.6 is 0 Å². The summed E-state index contributed by atoms with van der Waals surface area (Å²) >= 11 is 0. The molecule has 0 amide bonds. The van der Waals surface area contributed by atoms with Gasteiger partial charge in [0.1, 0.15) is 5.76 Å². The van der Waals surface area contributed by atoms with Crippen LogP contribution in [0.5, 0.6) is 0 Å². The van der Waals surface area contributed by atoms with E-state index in [-0.39, 0.29) is 12.3 Å². The summed E-state index contributed by atoms with van der Waals surface area (Å²) in [6.45, 7) is 1.34. The van der Waals surface area contributed by atoms with E-state index < -0.39 is 5.97 Å². The number of rotatable bonds is 2. The number of esters is 1. The van der Waals surface area contributed by atoms with Crippen molar-refractivity contribution in [3.63, 3.8) is 0 Å². The molecule has 0 aliphatic carbocycles. The van der Waals surface area contributed by atoms with Gasteiger partial charge in [-0.3, -0.25) is 0 Å². The number of methoxy groups -OCH3 is 1. The first kappa shape index (κ1) is 8.73. The van der Waals surface area contributed by atoms with Crippen LogP contribution in [-0.4, -0.2) is 23.3 Å². The number of hydrogen-bond donors (Lipinski definition) is 1. The van der Waals surface area contributed by atoms with Gasteiger partial charge in [0.15, 0.2) is 5.69 Å². The molecule has 0 bridgehead atoms. The summed E-state index contributed by atoms with van der Waals surface area (Å²) < 4.78 is 9.12. The molecule has 0 aliphatic heterocycles.